The average molecular weight is 365 g/mol. The molecule has 0 heterocycles. The molecule has 9 heteroatoms. The second-order valence-electron chi connectivity index (χ2n) is 5.45. The van der Waals surface area contributed by atoms with E-state index in [9.17, 15) is 19.2 Å². The number of benzene rings is 1. The standard InChI is InChI=1S/C17H23N3O6/c1-4-25-13-8-6-5-7-12(13)16(23)18-9-15(22)26-10-14(21)20-17(24)19-11(2)3/h5-8,11H,4,9-10H2,1-3H3,(H,18,23)(H2,19,20,21,24). The van der Waals surface area contributed by atoms with Crippen LogP contribution >= 0.6 is 0 Å². The van der Waals surface area contributed by atoms with E-state index >= 15 is 0 Å². The van der Waals surface area contributed by atoms with Gasteiger partial charge in [-0.15, -0.1) is 0 Å². The summed E-state index contributed by atoms with van der Waals surface area (Å²) in [7, 11) is 0. The van der Waals surface area contributed by atoms with E-state index in [2.05, 4.69) is 10.6 Å². The summed E-state index contributed by atoms with van der Waals surface area (Å²) in [5.74, 6) is -1.70. The molecule has 0 bridgehead atoms. The predicted octanol–water partition coefficient (Wildman–Crippen LogP) is 0.593. The second kappa shape index (κ2) is 10.7. The van der Waals surface area contributed by atoms with Crippen molar-refractivity contribution in [2.75, 3.05) is 19.8 Å². The Bertz CT molecular complexity index is 660. The summed E-state index contributed by atoms with van der Waals surface area (Å²) in [6.45, 7) is 4.60. The average Bonchev–Trinajstić information content (AvgIpc) is 2.57. The van der Waals surface area contributed by atoms with Crippen molar-refractivity contribution < 1.29 is 28.7 Å². The largest absolute Gasteiger partial charge is 0.493 e. The summed E-state index contributed by atoms with van der Waals surface area (Å²) >= 11 is 0. The third-order valence-electron chi connectivity index (χ3n) is 2.86. The van der Waals surface area contributed by atoms with Crippen LogP contribution in [0.3, 0.4) is 0 Å². The molecule has 1 rings (SSSR count). The molecule has 0 aliphatic carbocycles. The molecule has 4 amide bonds. The summed E-state index contributed by atoms with van der Waals surface area (Å²) in [6.07, 6.45) is 0. The lowest BCUT2D eigenvalue weighted by molar-refractivity contribution is -0.147. The maximum Gasteiger partial charge on any atom is 0.325 e. The van der Waals surface area contributed by atoms with Gasteiger partial charge in [0.2, 0.25) is 0 Å². The first kappa shape index (κ1) is 20.9. The number of imide groups is 1. The normalized spacial score (nSPS) is 10.0. The van der Waals surface area contributed by atoms with E-state index in [4.69, 9.17) is 9.47 Å². The van der Waals surface area contributed by atoms with Crippen LogP contribution in [0.4, 0.5) is 4.79 Å². The van der Waals surface area contributed by atoms with Gasteiger partial charge in [0.05, 0.1) is 12.2 Å². The number of esters is 1. The number of amides is 4. The van der Waals surface area contributed by atoms with E-state index in [1.807, 2.05) is 5.32 Å². The van der Waals surface area contributed by atoms with Gasteiger partial charge in [0, 0.05) is 6.04 Å². The highest BCUT2D eigenvalue weighted by Crippen LogP contribution is 2.17. The highest BCUT2D eigenvalue weighted by Gasteiger charge is 2.15. The Morgan fingerprint density at radius 3 is 2.46 bits per heavy atom. The van der Waals surface area contributed by atoms with E-state index in [1.165, 1.54) is 0 Å². The zero-order chi connectivity index (χ0) is 19.5. The molecule has 26 heavy (non-hydrogen) atoms. The Kier molecular flexibility index (Phi) is 8.62. The molecule has 0 aliphatic rings. The molecule has 1 aromatic rings. The van der Waals surface area contributed by atoms with Crippen LogP contribution < -0.4 is 20.7 Å². The van der Waals surface area contributed by atoms with Crippen molar-refractivity contribution in [1.29, 1.82) is 0 Å². The monoisotopic (exact) mass is 365 g/mol. The van der Waals surface area contributed by atoms with E-state index in [1.54, 1.807) is 45.0 Å². The van der Waals surface area contributed by atoms with Crippen LogP contribution in [0, 0.1) is 0 Å². The third-order valence-corrected chi connectivity index (χ3v) is 2.86. The van der Waals surface area contributed by atoms with Crippen LogP contribution in [0.15, 0.2) is 24.3 Å². The van der Waals surface area contributed by atoms with Crippen LogP contribution in [-0.4, -0.2) is 49.6 Å². The lowest BCUT2D eigenvalue weighted by atomic mass is 10.2. The molecule has 0 saturated carbocycles. The summed E-state index contributed by atoms with van der Waals surface area (Å²) in [5.41, 5.74) is 0.283. The Morgan fingerprint density at radius 2 is 1.81 bits per heavy atom. The molecule has 3 N–H and O–H groups in total. The summed E-state index contributed by atoms with van der Waals surface area (Å²) in [5, 5.41) is 6.85. The molecule has 0 aliphatic heterocycles. The molecule has 0 spiro atoms. The smallest absolute Gasteiger partial charge is 0.325 e. The number of carbonyl (C=O) groups is 4. The SMILES string of the molecule is CCOc1ccccc1C(=O)NCC(=O)OCC(=O)NC(=O)NC(C)C. The van der Waals surface area contributed by atoms with Crippen LogP contribution in [0.25, 0.3) is 0 Å². The maximum absolute atomic E-state index is 12.1. The van der Waals surface area contributed by atoms with Gasteiger partial charge in [-0.3, -0.25) is 19.7 Å². The zero-order valence-electron chi connectivity index (χ0n) is 15.0. The lowest BCUT2D eigenvalue weighted by Crippen LogP contribution is -2.44. The van der Waals surface area contributed by atoms with Crippen molar-refractivity contribution in [3.05, 3.63) is 29.8 Å². The minimum absolute atomic E-state index is 0.139. The van der Waals surface area contributed by atoms with Gasteiger partial charge in [-0.2, -0.15) is 0 Å². The molecule has 0 fully saturated rings. The quantitative estimate of drug-likeness (QED) is 0.580. The van der Waals surface area contributed by atoms with Gasteiger partial charge in [0.25, 0.3) is 11.8 Å². The number of rotatable bonds is 8. The fourth-order valence-corrected chi connectivity index (χ4v) is 1.84. The Balaban J connectivity index is 2.39. The number of urea groups is 1. The van der Waals surface area contributed by atoms with Crippen molar-refractivity contribution in [3.8, 4) is 5.75 Å². The molecule has 0 radical (unpaired) electrons. The van der Waals surface area contributed by atoms with E-state index in [0.29, 0.717) is 12.4 Å². The van der Waals surface area contributed by atoms with Crippen molar-refractivity contribution in [2.45, 2.75) is 26.8 Å². The van der Waals surface area contributed by atoms with Crippen molar-refractivity contribution >= 4 is 23.8 Å². The third kappa shape index (κ3) is 7.65. The Hall–Kier alpha value is -3.10. The Labute approximate surface area is 151 Å². The molecule has 0 unspecified atom stereocenters. The van der Waals surface area contributed by atoms with Crippen LogP contribution in [0.5, 0.6) is 5.75 Å². The number of hydrogen-bond acceptors (Lipinski definition) is 6. The molecule has 142 valence electrons. The second-order valence-corrected chi connectivity index (χ2v) is 5.45. The predicted molar refractivity (Wildman–Crippen MR) is 92.7 cm³/mol. The molecular formula is C17H23N3O6. The topological polar surface area (TPSA) is 123 Å². The maximum atomic E-state index is 12.1. The number of hydrogen-bond donors (Lipinski definition) is 3. The van der Waals surface area contributed by atoms with Gasteiger partial charge in [-0.1, -0.05) is 12.1 Å². The minimum atomic E-state index is -0.813. The van der Waals surface area contributed by atoms with Crippen LogP contribution in [0.2, 0.25) is 0 Å². The number of carbonyl (C=O) groups excluding carboxylic acids is 4. The fourth-order valence-electron chi connectivity index (χ4n) is 1.84. The number of ether oxygens (including phenoxy) is 2. The van der Waals surface area contributed by atoms with Gasteiger partial charge in [-0.25, -0.2) is 4.79 Å². The molecule has 0 aromatic heterocycles. The molecule has 1 aromatic carbocycles. The molecular weight excluding hydrogens is 342 g/mol. The Morgan fingerprint density at radius 1 is 1.12 bits per heavy atom. The van der Waals surface area contributed by atoms with Crippen LogP contribution in [0.1, 0.15) is 31.1 Å². The highest BCUT2D eigenvalue weighted by atomic mass is 16.5. The van der Waals surface area contributed by atoms with Gasteiger partial charge in [0.1, 0.15) is 12.3 Å². The van der Waals surface area contributed by atoms with Gasteiger partial charge in [-0.05, 0) is 32.9 Å². The zero-order valence-corrected chi connectivity index (χ0v) is 15.0. The molecule has 0 atom stereocenters. The van der Waals surface area contributed by atoms with Crippen molar-refractivity contribution in [2.24, 2.45) is 0 Å². The van der Waals surface area contributed by atoms with Crippen molar-refractivity contribution in [1.82, 2.24) is 16.0 Å². The first-order valence-electron chi connectivity index (χ1n) is 8.09. The van der Waals surface area contributed by atoms with E-state index < -0.39 is 37.0 Å². The fraction of sp³-hybridized carbons (Fsp3) is 0.412. The van der Waals surface area contributed by atoms with E-state index in [-0.39, 0.29) is 11.6 Å². The highest BCUT2D eigenvalue weighted by molar-refractivity contribution is 5.99. The molecule has 9 nitrogen and oxygen atoms in total. The summed E-state index contributed by atoms with van der Waals surface area (Å²) in [4.78, 5) is 46.5. The number of para-hydroxylation sites is 1. The molecule has 0 saturated heterocycles. The van der Waals surface area contributed by atoms with Crippen molar-refractivity contribution in [3.63, 3.8) is 0 Å². The lowest BCUT2D eigenvalue weighted by Gasteiger charge is -2.11. The van der Waals surface area contributed by atoms with E-state index in [0.717, 1.165) is 0 Å². The van der Waals surface area contributed by atoms with Gasteiger partial charge < -0.3 is 20.1 Å². The first-order valence-corrected chi connectivity index (χ1v) is 8.09. The van der Waals surface area contributed by atoms with Gasteiger partial charge >= 0.3 is 12.0 Å². The van der Waals surface area contributed by atoms with Crippen LogP contribution in [-0.2, 0) is 14.3 Å². The summed E-state index contributed by atoms with van der Waals surface area (Å²) in [6, 6.07) is 5.78. The number of nitrogens with one attached hydrogen (secondary N) is 3. The summed E-state index contributed by atoms with van der Waals surface area (Å²) < 4.78 is 10.0. The van der Waals surface area contributed by atoms with Gasteiger partial charge in [0.15, 0.2) is 6.61 Å². The minimum Gasteiger partial charge on any atom is -0.493 e. The first-order chi connectivity index (χ1) is 12.3.